The minimum absolute atomic E-state index is 0.0106. The van der Waals surface area contributed by atoms with Gasteiger partial charge in [-0.15, -0.1) is 0 Å². The molecule has 1 fully saturated rings. The number of nitrogens with two attached hydrogens (primary N) is 1. The van der Waals surface area contributed by atoms with Gasteiger partial charge in [0.05, 0.1) is 9.92 Å². The molecular weight excluding hydrogens is 303 g/mol. The van der Waals surface area contributed by atoms with Crippen LogP contribution in [0.3, 0.4) is 0 Å². The first kappa shape index (κ1) is 15.7. The summed E-state index contributed by atoms with van der Waals surface area (Å²) in [5.74, 6) is -0.424. The summed E-state index contributed by atoms with van der Waals surface area (Å²) in [6.45, 7) is 2.70. The van der Waals surface area contributed by atoms with Crippen LogP contribution in [0.5, 0.6) is 0 Å². The van der Waals surface area contributed by atoms with Gasteiger partial charge in [-0.05, 0) is 37.0 Å². The summed E-state index contributed by atoms with van der Waals surface area (Å²) in [4.78, 5) is 0.0106. The van der Waals surface area contributed by atoms with Crippen LogP contribution in [0.15, 0.2) is 23.1 Å². The predicted molar refractivity (Wildman–Crippen MR) is 76.5 cm³/mol. The van der Waals surface area contributed by atoms with E-state index in [1.807, 2.05) is 6.92 Å². The van der Waals surface area contributed by atoms with Crippen molar-refractivity contribution in [2.45, 2.75) is 30.7 Å². The van der Waals surface area contributed by atoms with Crippen molar-refractivity contribution >= 4 is 21.6 Å². The van der Waals surface area contributed by atoms with Gasteiger partial charge in [0.15, 0.2) is 0 Å². The number of sulfonamides is 1. The van der Waals surface area contributed by atoms with Crippen molar-refractivity contribution in [2.75, 3.05) is 13.1 Å². The van der Waals surface area contributed by atoms with Crippen molar-refractivity contribution in [1.82, 2.24) is 4.31 Å². The molecule has 0 aromatic heterocycles. The molecule has 112 valence electrons. The molecule has 2 unspecified atom stereocenters. The van der Waals surface area contributed by atoms with Gasteiger partial charge in [-0.2, -0.15) is 4.31 Å². The average molecular weight is 321 g/mol. The maximum Gasteiger partial charge on any atom is 0.243 e. The molecular formula is C13H18ClFN2O2S. The molecule has 1 aliphatic heterocycles. The van der Waals surface area contributed by atoms with E-state index in [0.29, 0.717) is 6.54 Å². The second-order valence-corrected chi connectivity index (χ2v) is 7.41. The highest BCUT2D eigenvalue weighted by Gasteiger charge is 2.36. The summed E-state index contributed by atoms with van der Waals surface area (Å²) in [7, 11) is -3.69. The molecule has 1 aromatic carbocycles. The van der Waals surface area contributed by atoms with Gasteiger partial charge < -0.3 is 5.73 Å². The smallest absolute Gasteiger partial charge is 0.243 e. The molecule has 1 aromatic rings. The second-order valence-electron chi connectivity index (χ2n) is 5.11. The topological polar surface area (TPSA) is 63.4 Å². The van der Waals surface area contributed by atoms with Gasteiger partial charge in [-0.25, -0.2) is 12.8 Å². The first-order valence-electron chi connectivity index (χ1n) is 6.55. The Balaban J connectivity index is 2.40. The lowest BCUT2D eigenvalue weighted by molar-refractivity contribution is 0.192. The minimum Gasteiger partial charge on any atom is -0.329 e. The van der Waals surface area contributed by atoms with Crippen LogP contribution in [0.25, 0.3) is 0 Å². The molecule has 0 spiro atoms. The van der Waals surface area contributed by atoms with Gasteiger partial charge in [0.25, 0.3) is 0 Å². The number of hydrogen-bond acceptors (Lipinski definition) is 3. The molecule has 2 rings (SSSR count). The Morgan fingerprint density at radius 3 is 2.80 bits per heavy atom. The van der Waals surface area contributed by atoms with Gasteiger partial charge in [0.1, 0.15) is 5.82 Å². The Kier molecular flexibility index (Phi) is 4.69. The summed E-state index contributed by atoms with van der Waals surface area (Å²) >= 11 is 5.68. The Bertz CT molecular complexity index is 594. The normalized spacial score (nSPS) is 24.8. The number of hydrogen-bond donors (Lipinski definition) is 1. The zero-order chi connectivity index (χ0) is 14.9. The third-order valence-corrected chi connectivity index (χ3v) is 6.01. The molecule has 0 bridgehead atoms. The molecule has 1 heterocycles. The molecule has 0 radical (unpaired) electrons. The number of piperidine rings is 1. The van der Waals surface area contributed by atoms with Crippen LogP contribution >= 0.6 is 11.6 Å². The van der Waals surface area contributed by atoms with E-state index in [9.17, 15) is 12.8 Å². The summed E-state index contributed by atoms with van der Waals surface area (Å²) in [6.07, 6.45) is 1.75. The van der Waals surface area contributed by atoms with Crippen LogP contribution in [0.2, 0.25) is 5.02 Å². The SMILES string of the molecule is CC1CCCN(S(=O)(=O)c2ccc(F)c(Cl)c2)C1CN. The van der Waals surface area contributed by atoms with Gasteiger partial charge in [0, 0.05) is 19.1 Å². The lowest BCUT2D eigenvalue weighted by atomic mass is 9.93. The summed E-state index contributed by atoms with van der Waals surface area (Å²) < 4.78 is 39.9. The summed E-state index contributed by atoms with van der Waals surface area (Å²) in [6, 6.07) is 3.24. The molecule has 4 nitrogen and oxygen atoms in total. The number of halogens is 2. The Labute approximate surface area is 123 Å². The molecule has 0 aliphatic carbocycles. The first-order chi connectivity index (χ1) is 9.37. The highest BCUT2D eigenvalue weighted by molar-refractivity contribution is 7.89. The second kappa shape index (κ2) is 5.97. The van der Waals surface area contributed by atoms with E-state index in [0.717, 1.165) is 25.0 Å². The Hall–Kier alpha value is -0.690. The van der Waals surface area contributed by atoms with Crippen molar-refractivity contribution in [3.8, 4) is 0 Å². The number of nitrogens with zero attached hydrogens (tertiary/aromatic N) is 1. The van der Waals surface area contributed by atoms with Gasteiger partial charge >= 0.3 is 0 Å². The molecule has 20 heavy (non-hydrogen) atoms. The fourth-order valence-corrected chi connectivity index (χ4v) is 4.67. The van der Waals surface area contributed by atoms with Crippen molar-refractivity contribution < 1.29 is 12.8 Å². The highest BCUT2D eigenvalue weighted by atomic mass is 35.5. The number of rotatable bonds is 3. The first-order valence-corrected chi connectivity index (χ1v) is 8.36. The van der Waals surface area contributed by atoms with Gasteiger partial charge in [-0.3, -0.25) is 0 Å². The molecule has 0 saturated carbocycles. The zero-order valence-electron chi connectivity index (χ0n) is 11.2. The predicted octanol–water partition coefficient (Wildman–Crippen LogP) is 2.23. The molecule has 2 N–H and O–H groups in total. The van der Waals surface area contributed by atoms with E-state index in [-0.39, 0.29) is 28.4 Å². The maximum absolute atomic E-state index is 13.2. The third-order valence-electron chi connectivity index (χ3n) is 3.80. The number of benzene rings is 1. The monoisotopic (exact) mass is 320 g/mol. The van der Waals surface area contributed by atoms with E-state index in [2.05, 4.69) is 0 Å². The quantitative estimate of drug-likeness (QED) is 0.929. The van der Waals surface area contributed by atoms with E-state index in [1.54, 1.807) is 0 Å². The van der Waals surface area contributed by atoms with Crippen LogP contribution in [0, 0.1) is 11.7 Å². The van der Waals surface area contributed by atoms with E-state index >= 15 is 0 Å². The molecule has 1 saturated heterocycles. The van der Waals surface area contributed by atoms with Crippen LogP contribution in [-0.2, 0) is 10.0 Å². The van der Waals surface area contributed by atoms with Gasteiger partial charge in [-0.1, -0.05) is 18.5 Å². The Morgan fingerprint density at radius 2 is 2.20 bits per heavy atom. The lowest BCUT2D eigenvalue weighted by Crippen LogP contribution is -2.51. The maximum atomic E-state index is 13.2. The van der Waals surface area contributed by atoms with Crippen LogP contribution in [0.4, 0.5) is 4.39 Å². The van der Waals surface area contributed by atoms with E-state index in [4.69, 9.17) is 17.3 Å². The van der Waals surface area contributed by atoms with Crippen LogP contribution in [0.1, 0.15) is 19.8 Å². The molecule has 7 heteroatoms. The highest BCUT2D eigenvalue weighted by Crippen LogP contribution is 2.30. The third kappa shape index (κ3) is 2.83. The minimum atomic E-state index is -3.69. The lowest BCUT2D eigenvalue weighted by Gasteiger charge is -2.38. The largest absolute Gasteiger partial charge is 0.329 e. The van der Waals surface area contributed by atoms with E-state index < -0.39 is 15.8 Å². The Morgan fingerprint density at radius 1 is 1.50 bits per heavy atom. The summed E-state index contributed by atoms with van der Waals surface area (Å²) in [5.41, 5.74) is 5.72. The standard InChI is InChI=1S/C13H18ClFN2O2S/c1-9-3-2-6-17(13(9)8-16)20(18,19)10-4-5-12(15)11(14)7-10/h4-5,7,9,13H,2-3,6,8,16H2,1H3. The van der Waals surface area contributed by atoms with E-state index in [1.165, 1.54) is 10.4 Å². The molecule has 0 amide bonds. The van der Waals surface area contributed by atoms with Crippen molar-refractivity contribution in [2.24, 2.45) is 11.7 Å². The van der Waals surface area contributed by atoms with Crippen LogP contribution < -0.4 is 5.73 Å². The fourth-order valence-electron chi connectivity index (χ4n) is 2.63. The van der Waals surface area contributed by atoms with Crippen LogP contribution in [-0.4, -0.2) is 31.9 Å². The van der Waals surface area contributed by atoms with Gasteiger partial charge in [0.2, 0.25) is 10.0 Å². The summed E-state index contributed by atoms with van der Waals surface area (Å²) in [5, 5.41) is -0.194. The molecule has 1 aliphatic rings. The van der Waals surface area contributed by atoms with Crippen molar-refractivity contribution in [1.29, 1.82) is 0 Å². The van der Waals surface area contributed by atoms with Crippen molar-refractivity contribution in [3.05, 3.63) is 29.0 Å². The zero-order valence-corrected chi connectivity index (χ0v) is 12.8. The molecule has 2 atom stereocenters. The fraction of sp³-hybridized carbons (Fsp3) is 0.538. The van der Waals surface area contributed by atoms with Crippen molar-refractivity contribution in [3.63, 3.8) is 0 Å². The average Bonchev–Trinajstić information content (AvgIpc) is 2.41.